The predicted octanol–water partition coefficient (Wildman–Crippen LogP) is 3.12. The van der Waals surface area contributed by atoms with Crippen LogP contribution in [0.4, 0.5) is 10.5 Å². The first-order valence-corrected chi connectivity index (χ1v) is 5.89. The number of halogens is 1. The lowest BCUT2D eigenvalue weighted by atomic mass is 10.1. The minimum absolute atomic E-state index is 0.0682. The van der Waals surface area contributed by atoms with E-state index in [0.717, 1.165) is 15.6 Å². The Morgan fingerprint density at radius 3 is 2.78 bits per heavy atom. The molecule has 1 heterocycles. The van der Waals surface area contributed by atoms with E-state index in [1.807, 2.05) is 19.1 Å². The topological polar surface area (TPSA) is 93.0 Å². The number of nitrogens with zero attached hydrogens (tertiary/aromatic N) is 3. The second-order valence-electron chi connectivity index (χ2n) is 3.91. The van der Waals surface area contributed by atoms with Crippen LogP contribution in [0.2, 0.25) is 0 Å². The number of aromatic nitrogens is 1. The summed E-state index contributed by atoms with van der Waals surface area (Å²) < 4.78 is 2.39. The lowest BCUT2D eigenvalue weighted by Gasteiger charge is -2.01. The zero-order valence-electron chi connectivity index (χ0n) is 9.81. The maximum Gasteiger partial charge on any atom is 0.356 e. The van der Waals surface area contributed by atoms with Crippen molar-refractivity contribution >= 4 is 38.6 Å². The van der Waals surface area contributed by atoms with Crippen molar-refractivity contribution in [2.45, 2.75) is 6.92 Å². The first-order chi connectivity index (χ1) is 8.41. The molecule has 3 N–H and O–H groups in total. The number of rotatable bonds is 1. The van der Waals surface area contributed by atoms with E-state index >= 15 is 0 Å². The van der Waals surface area contributed by atoms with Gasteiger partial charge in [0.2, 0.25) is 5.88 Å². The molecule has 0 atom stereocenters. The number of hydrogen-bond donors (Lipinski definition) is 2. The molecule has 0 fully saturated rings. The Bertz CT molecular complexity index is 675. The number of benzene rings is 1. The van der Waals surface area contributed by atoms with Crippen LogP contribution in [0.5, 0.6) is 5.88 Å². The van der Waals surface area contributed by atoms with E-state index in [9.17, 15) is 9.90 Å². The normalized spacial score (nSPS) is 11.5. The predicted molar refractivity (Wildman–Crippen MR) is 71.1 cm³/mol. The van der Waals surface area contributed by atoms with Crippen molar-refractivity contribution in [1.29, 1.82) is 0 Å². The fraction of sp³-hybridized carbons (Fsp3) is 0.182. The molecule has 7 heteroatoms. The Morgan fingerprint density at radius 2 is 2.17 bits per heavy atom. The summed E-state index contributed by atoms with van der Waals surface area (Å²) in [6.07, 6.45) is 0. The number of hydrogen-bond acceptors (Lipinski definition) is 3. The quantitative estimate of drug-likeness (QED) is 0.792. The summed E-state index contributed by atoms with van der Waals surface area (Å²) in [6, 6.07) is 2.88. The molecule has 0 saturated carbocycles. The van der Waals surface area contributed by atoms with Gasteiger partial charge in [0.25, 0.3) is 0 Å². The van der Waals surface area contributed by atoms with E-state index < -0.39 is 6.03 Å². The summed E-state index contributed by atoms with van der Waals surface area (Å²) in [5, 5.41) is 17.6. The van der Waals surface area contributed by atoms with Crippen LogP contribution in [0, 0.1) is 6.92 Å². The number of aromatic hydroxyl groups is 1. The molecule has 0 radical (unpaired) electrons. The van der Waals surface area contributed by atoms with Gasteiger partial charge in [-0.25, -0.2) is 4.79 Å². The average molecular weight is 311 g/mol. The summed E-state index contributed by atoms with van der Waals surface area (Å²) >= 11 is 3.43. The number of carbonyl (C=O) groups excluding carboxylic acids is 1. The summed E-state index contributed by atoms with van der Waals surface area (Å²) in [6.45, 7) is 1.92. The monoisotopic (exact) mass is 310 g/mol. The SMILES string of the molecule is Cc1cc(Br)c2c(c1)c(N=NC(N)=O)c(O)n2C. The van der Waals surface area contributed by atoms with Crippen LogP contribution in [0.25, 0.3) is 10.9 Å². The fourth-order valence-electron chi connectivity index (χ4n) is 1.84. The maximum absolute atomic E-state index is 10.6. The maximum atomic E-state index is 10.6. The molecule has 2 rings (SSSR count). The number of nitrogens with two attached hydrogens (primary N) is 1. The standard InChI is InChI=1S/C11H11BrN4O2/c1-5-3-6-8(14-15-11(13)18)10(17)16(2)9(6)7(12)4-5/h3-4,17H,1-2H3,(H2,13,18). The van der Waals surface area contributed by atoms with Gasteiger partial charge in [0.1, 0.15) is 0 Å². The molecule has 6 nitrogen and oxygen atoms in total. The number of aryl methyl sites for hydroxylation is 2. The molecule has 94 valence electrons. The summed E-state index contributed by atoms with van der Waals surface area (Å²) in [4.78, 5) is 10.6. The second kappa shape index (κ2) is 4.41. The molecule has 0 unspecified atom stereocenters. The lowest BCUT2D eigenvalue weighted by Crippen LogP contribution is -2.01. The number of azo groups is 1. The highest BCUT2D eigenvalue weighted by Crippen LogP contribution is 2.41. The molecule has 18 heavy (non-hydrogen) atoms. The number of primary amides is 1. The minimum atomic E-state index is -0.905. The van der Waals surface area contributed by atoms with E-state index in [2.05, 4.69) is 26.2 Å². The molecule has 1 aromatic carbocycles. The minimum Gasteiger partial charge on any atom is -0.493 e. The van der Waals surface area contributed by atoms with Gasteiger partial charge in [0, 0.05) is 16.9 Å². The van der Waals surface area contributed by atoms with E-state index in [4.69, 9.17) is 5.73 Å². The molecule has 2 aromatic rings. The second-order valence-corrected chi connectivity index (χ2v) is 4.77. The first kappa shape index (κ1) is 12.6. The Balaban J connectivity index is 2.81. The van der Waals surface area contributed by atoms with Crippen LogP contribution < -0.4 is 5.73 Å². The van der Waals surface area contributed by atoms with Crippen molar-refractivity contribution < 1.29 is 9.90 Å². The third-order valence-electron chi connectivity index (χ3n) is 2.58. The van der Waals surface area contributed by atoms with Crippen LogP contribution in [-0.4, -0.2) is 15.7 Å². The highest BCUT2D eigenvalue weighted by atomic mass is 79.9. The van der Waals surface area contributed by atoms with Crippen LogP contribution in [-0.2, 0) is 7.05 Å². The van der Waals surface area contributed by atoms with Crippen LogP contribution in [0.3, 0.4) is 0 Å². The van der Waals surface area contributed by atoms with E-state index in [-0.39, 0.29) is 11.6 Å². The molecule has 1 aromatic heterocycles. The van der Waals surface area contributed by atoms with Gasteiger partial charge in [-0.2, -0.15) is 0 Å². The van der Waals surface area contributed by atoms with E-state index in [1.165, 1.54) is 0 Å². The third kappa shape index (κ3) is 1.97. The number of fused-ring (bicyclic) bond motifs is 1. The van der Waals surface area contributed by atoms with Gasteiger partial charge in [0.05, 0.1) is 5.52 Å². The third-order valence-corrected chi connectivity index (χ3v) is 3.18. The Morgan fingerprint density at radius 1 is 1.50 bits per heavy atom. The zero-order chi connectivity index (χ0) is 13.4. The van der Waals surface area contributed by atoms with Crippen LogP contribution >= 0.6 is 15.9 Å². The number of carbonyl (C=O) groups is 1. The van der Waals surface area contributed by atoms with Crippen LogP contribution in [0.15, 0.2) is 26.8 Å². The Labute approximate surface area is 111 Å². The Kier molecular flexibility index (Phi) is 3.08. The van der Waals surface area contributed by atoms with Gasteiger partial charge >= 0.3 is 6.03 Å². The average Bonchev–Trinajstić information content (AvgIpc) is 2.49. The van der Waals surface area contributed by atoms with Crippen molar-refractivity contribution in [2.75, 3.05) is 0 Å². The highest BCUT2D eigenvalue weighted by Gasteiger charge is 2.17. The number of urea groups is 1. The first-order valence-electron chi connectivity index (χ1n) is 5.10. The molecule has 0 spiro atoms. The largest absolute Gasteiger partial charge is 0.493 e. The molecule has 0 aliphatic heterocycles. The summed E-state index contributed by atoms with van der Waals surface area (Å²) in [5.74, 6) is -0.0682. The molecular weight excluding hydrogens is 300 g/mol. The summed E-state index contributed by atoms with van der Waals surface area (Å²) in [7, 11) is 1.70. The molecule has 0 aliphatic rings. The van der Waals surface area contributed by atoms with Crippen molar-refractivity contribution in [2.24, 2.45) is 23.0 Å². The summed E-state index contributed by atoms with van der Waals surface area (Å²) in [5.41, 5.74) is 6.91. The fourth-order valence-corrected chi connectivity index (χ4v) is 2.68. The molecule has 0 saturated heterocycles. The van der Waals surface area contributed by atoms with Crippen molar-refractivity contribution in [3.05, 3.63) is 22.2 Å². The van der Waals surface area contributed by atoms with E-state index in [1.54, 1.807) is 11.6 Å². The van der Waals surface area contributed by atoms with Gasteiger partial charge in [-0.1, -0.05) is 5.11 Å². The molecule has 0 bridgehead atoms. The lowest BCUT2D eigenvalue weighted by molar-refractivity contribution is 0.255. The highest BCUT2D eigenvalue weighted by molar-refractivity contribution is 9.10. The van der Waals surface area contributed by atoms with Gasteiger partial charge in [-0.05, 0) is 40.5 Å². The van der Waals surface area contributed by atoms with Crippen molar-refractivity contribution in [3.63, 3.8) is 0 Å². The molecule has 2 amide bonds. The van der Waals surface area contributed by atoms with Gasteiger partial charge in [-0.15, -0.1) is 5.11 Å². The molecular formula is C11H11BrN4O2. The molecule has 0 aliphatic carbocycles. The van der Waals surface area contributed by atoms with Gasteiger partial charge < -0.3 is 15.4 Å². The van der Waals surface area contributed by atoms with Crippen LogP contribution in [0.1, 0.15) is 5.56 Å². The van der Waals surface area contributed by atoms with E-state index in [0.29, 0.717) is 5.39 Å². The smallest absolute Gasteiger partial charge is 0.356 e. The van der Waals surface area contributed by atoms with Gasteiger partial charge in [-0.3, -0.25) is 0 Å². The number of amides is 2. The van der Waals surface area contributed by atoms with Gasteiger partial charge in [0.15, 0.2) is 5.69 Å². The van der Waals surface area contributed by atoms with Crippen molar-refractivity contribution in [3.8, 4) is 5.88 Å². The van der Waals surface area contributed by atoms with Crippen molar-refractivity contribution in [1.82, 2.24) is 4.57 Å². The zero-order valence-corrected chi connectivity index (χ0v) is 11.4. The Hall–Kier alpha value is -1.89.